The van der Waals surface area contributed by atoms with E-state index >= 15 is 0 Å². The van der Waals surface area contributed by atoms with Crippen LogP contribution in [-0.4, -0.2) is 18.6 Å². The predicted octanol–water partition coefficient (Wildman–Crippen LogP) is 4.30. The number of amides is 1. The summed E-state index contributed by atoms with van der Waals surface area (Å²) in [5.74, 6) is 1.35. The Morgan fingerprint density at radius 3 is 2.65 bits per heavy atom. The average Bonchev–Trinajstić information content (AvgIpc) is 2.60. The summed E-state index contributed by atoms with van der Waals surface area (Å²) in [6, 6.07) is 14.1. The first-order valence-electron chi connectivity index (χ1n) is 8.65. The maximum atomic E-state index is 12.2. The van der Waals surface area contributed by atoms with E-state index in [-0.39, 0.29) is 5.91 Å². The second kappa shape index (κ2) is 7.49. The SMILES string of the molecule is C[C@H](Oc1ccc2ccccc2c1)C(=O)NCC1CCCCC1. The molecule has 0 aliphatic heterocycles. The van der Waals surface area contributed by atoms with Crippen LogP contribution < -0.4 is 10.1 Å². The standard InChI is InChI=1S/C20H25NO2/c1-15(20(22)21-14-16-7-3-2-4-8-16)23-19-12-11-17-9-5-6-10-18(17)13-19/h5-6,9-13,15-16H,2-4,7-8,14H2,1H3,(H,21,22)/t15-/m0/s1. The molecule has 0 unspecified atom stereocenters. The quantitative estimate of drug-likeness (QED) is 0.894. The van der Waals surface area contributed by atoms with E-state index in [0.717, 1.165) is 17.7 Å². The zero-order valence-electron chi connectivity index (χ0n) is 13.8. The smallest absolute Gasteiger partial charge is 0.260 e. The van der Waals surface area contributed by atoms with Crippen molar-refractivity contribution >= 4 is 16.7 Å². The maximum Gasteiger partial charge on any atom is 0.260 e. The number of benzene rings is 2. The minimum absolute atomic E-state index is 0.0243. The second-order valence-corrected chi connectivity index (χ2v) is 6.52. The largest absolute Gasteiger partial charge is 0.481 e. The molecule has 0 saturated heterocycles. The van der Waals surface area contributed by atoms with Gasteiger partial charge < -0.3 is 10.1 Å². The van der Waals surface area contributed by atoms with Crippen molar-refractivity contribution in [1.82, 2.24) is 5.32 Å². The molecule has 1 aliphatic carbocycles. The zero-order valence-corrected chi connectivity index (χ0v) is 13.8. The molecule has 0 spiro atoms. The first-order chi connectivity index (χ1) is 11.2. The Morgan fingerprint density at radius 1 is 1.13 bits per heavy atom. The highest BCUT2D eigenvalue weighted by Crippen LogP contribution is 2.23. The van der Waals surface area contributed by atoms with Gasteiger partial charge in [0.25, 0.3) is 5.91 Å². The summed E-state index contributed by atoms with van der Waals surface area (Å²) in [4.78, 5) is 12.2. The van der Waals surface area contributed by atoms with E-state index in [1.807, 2.05) is 37.3 Å². The van der Waals surface area contributed by atoms with E-state index in [4.69, 9.17) is 4.74 Å². The molecule has 1 fully saturated rings. The molecule has 1 saturated carbocycles. The molecular formula is C20H25NO2. The third-order valence-electron chi connectivity index (χ3n) is 4.69. The average molecular weight is 311 g/mol. The van der Waals surface area contributed by atoms with Crippen molar-refractivity contribution < 1.29 is 9.53 Å². The summed E-state index contributed by atoms with van der Waals surface area (Å²) in [7, 11) is 0. The van der Waals surface area contributed by atoms with Crippen LogP contribution in [0, 0.1) is 5.92 Å². The van der Waals surface area contributed by atoms with Gasteiger partial charge in [-0.05, 0) is 48.6 Å². The molecule has 0 bridgehead atoms. The van der Waals surface area contributed by atoms with Gasteiger partial charge in [0.05, 0.1) is 0 Å². The lowest BCUT2D eigenvalue weighted by molar-refractivity contribution is -0.127. The van der Waals surface area contributed by atoms with Crippen LogP contribution in [0.2, 0.25) is 0 Å². The van der Waals surface area contributed by atoms with E-state index in [1.54, 1.807) is 0 Å². The first kappa shape index (κ1) is 15.9. The van der Waals surface area contributed by atoms with Gasteiger partial charge in [-0.15, -0.1) is 0 Å². The maximum absolute atomic E-state index is 12.2. The van der Waals surface area contributed by atoms with Crippen LogP contribution in [0.15, 0.2) is 42.5 Å². The number of carbonyl (C=O) groups excluding carboxylic acids is 1. The summed E-state index contributed by atoms with van der Waals surface area (Å²) in [5.41, 5.74) is 0. The molecule has 23 heavy (non-hydrogen) atoms. The van der Waals surface area contributed by atoms with Crippen LogP contribution in [0.1, 0.15) is 39.0 Å². The van der Waals surface area contributed by atoms with Gasteiger partial charge in [-0.25, -0.2) is 0 Å². The molecule has 0 aromatic heterocycles. The van der Waals surface area contributed by atoms with Crippen molar-refractivity contribution in [1.29, 1.82) is 0 Å². The third kappa shape index (κ3) is 4.25. The molecule has 122 valence electrons. The van der Waals surface area contributed by atoms with Crippen molar-refractivity contribution in [3.8, 4) is 5.75 Å². The van der Waals surface area contributed by atoms with E-state index in [9.17, 15) is 4.79 Å². The highest BCUT2D eigenvalue weighted by Gasteiger charge is 2.18. The molecule has 1 aliphatic rings. The van der Waals surface area contributed by atoms with Gasteiger partial charge in [0.2, 0.25) is 0 Å². The Hall–Kier alpha value is -2.03. The van der Waals surface area contributed by atoms with Gasteiger partial charge in [0.15, 0.2) is 6.10 Å². The molecule has 1 atom stereocenters. The minimum Gasteiger partial charge on any atom is -0.481 e. The molecular weight excluding hydrogens is 286 g/mol. The van der Waals surface area contributed by atoms with Gasteiger partial charge >= 0.3 is 0 Å². The number of ether oxygens (including phenoxy) is 1. The molecule has 3 heteroatoms. The van der Waals surface area contributed by atoms with E-state index in [2.05, 4.69) is 17.4 Å². The lowest BCUT2D eigenvalue weighted by atomic mass is 9.89. The number of nitrogens with one attached hydrogen (secondary N) is 1. The Labute approximate surface area is 138 Å². The van der Waals surface area contributed by atoms with E-state index in [0.29, 0.717) is 5.92 Å². The number of carbonyl (C=O) groups is 1. The second-order valence-electron chi connectivity index (χ2n) is 6.52. The van der Waals surface area contributed by atoms with Gasteiger partial charge in [-0.2, -0.15) is 0 Å². The van der Waals surface area contributed by atoms with Crippen LogP contribution in [0.4, 0.5) is 0 Å². The first-order valence-corrected chi connectivity index (χ1v) is 8.65. The van der Waals surface area contributed by atoms with Crippen LogP contribution in [0.3, 0.4) is 0 Å². The zero-order chi connectivity index (χ0) is 16.1. The highest BCUT2D eigenvalue weighted by molar-refractivity contribution is 5.84. The highest BCUT2D eigenvalue weighted by atomic mass is 16.5. The molecule has 2 aromatic carbocycles. The lowest BCUT2D eigenvalue weighted by Gasteiger charge is -2.23. The fraction of sp³-hybridized carbons (Fsp3) is 0.450. The fourth-order valence-electron chi connectivity index (χ4n) is 3.28. The summed E-state index contributed by atoms with van der Waals surface area (Å²) >= 11 is 0. The number of rotatable bonds is 5. The Morgan fingerprint density at radius 2 is 1.87 bits per heavy atom. The molecule has 0 heterocycles. The van der Waals surface area contributed by atoms with Gasteiger partial charge in [0.1, 0.15) is 5.75 Å². The topological polar surface area (TPSA) is 38.3 Å². The predicted molar refractivity (Wildman–Crippen MR) is 93.6 cm³/mol. The molecule has 1 amide bonds. The fourth-order valence-corrected chi connectivity index (χ4v) is 3.28. The van der Waals surface area contributed by atoms with Crippen molar-refractivity contribution in [2.45, 2.75) is 45.1 Å². The van der Waals surface area contributed by atoms with E-state index in [1.165, 1.54) is 37.5 Å². The van der Waals surface area contributed by atoms with Crippen LogP contribution >= 0.6 is 0 Å². The monoisotopic (exact) mass is 311 g/mol. The van der Waals surface area contributed by atoms with Crippen molar-refractivity contribution in [2.24, 2.45) is 5.92 Å². The van der Waals surface area contributed by atoms with Crippen LogP contribution in [0.5, 0.6) is 5.75 Å². The third-order valence-corrected chi connectivity index (χ3v) is 4.69. The normalized spacial score (nSPS) is 16.9. The van der Waals surface area contributed by atoms with Crippen molar-refractivity contribution in [3.63, 3.8) is 0 Å². The Balaban J connectivity index is 1.54. The Kier molecular flexibility index (Phi) is 5.16. The van der Waals surface area contributed by atoms with Gasteiger partial charge in [-0.1, -0.05) is 49.6 Å². The molecule has 3 rings (SSSR count). The van der Waals surface area contributed by atoms with Crippen LogP contribution in [-0.2, 0) is 4.79 Å². The summed E-state index contributed by atoms with van der Waals surface area (Å²) in [5, 5.41) is 5.35. The minimum atomic E-state index is -0.472. The molecule has 1 N–H and O–H groups in total. The summed E-state index contributed by atoms with van der Waals surface area (Å²) in [6.07, 6.45) is 5.93. The van der Waals surface area contributed by atoms with Gasteiger partial charge in [-0.3, -0.25) is 4.79 Å². The molecule has 2 aromatic rings. The summed E-state index contributed by atoms with van der Waals surface area (Å²) in [6.45, 7) is 2.59. The van der Waals surface area contributed by atoms with Crippen molar-refractivity contribution in [2.75, 3.05) is 6.54 Å². The number of hydrogen-bond donors (Lipinski definition) is 1. The molecule has 3 nitrogen and oxygen atoms in total. The Bertz CT molecular complexity index is 661. The lowest BCUT2D eigenvalue weighted by Crippen LogP contribution is -2.39. The van der Waals surface area contributed by atoms with Gasteiger partial charge in [0, 0.05) is 6.54 Å². The number of fused-ring (bicyclic) bond motifs is 1. The summed E-state index contributed by atoms with van der Waals surface area (Å²) < 4.78 is 5.81. The number of hydrogen-bond acceptors (Lipinski definition) is 2. The van der Waals surface area contributed by atoms with E-state index < -0.39 is 6.10 Å². The van der Waals surface area contributed by atoms with Crippen molar-refractivity contribution in [3.05, 3.63) is 42.5 Å². The molecule has 0 radical (unpaired) electrons. The van der Waals surface area contributed by atoms with Crippen LogP contribution in [0.25, 0.3) is 10.8 Å².